The second-order valence-electron chi connectivity index (χ2n) is 3.43. The van der Waals surface area contributed by atoms with Crippen LogP contribution in [0.15, 0.2) is 23.1 Å². The second kappa shape index (κ2) is 4.15. The highest BCUT2D eigenvalue weighted by atomic mass is 19.2. The molecule has 80 valence electrons. The minimum Gasteiger partial charge on any atom is -0.239 e. The lowest BCUT2D eigenvalue weighted by molar-refractivity contribution is 0.205. The van der Waals surface area contributed by atoms with Gasteiger partial charge in [0.05, 0.1) is 0 Å². The predicted octanol–water partition coefficient (Wildman–Crippen LogP) is 4.15. The van der Waals surface area contributed by atoms with Crippen LogP contribution >= 0.6 is 0 Å². The molecule has 0 heterocycles. The van der Waals surface area contributed by atoms with Crippen molar-refractivity contribution in [2.75, 3.05) is 0 Å². The minimum atomic E-state index is -2.17. The maximum atomic E-state index is 13.3. The van der Waals surface area contributed by atoms with Crippen molar-refractivity contribution in [1.82, 2.24) is 0 Å². The van der Waals surface area contributed by atoms with Crippen LogP contribution in [-0.2, 0) is 0 Å². The van der Waals surface area contributed by atoms with Crippen molar-refractivity contribution in [3.8, 4) is 0 Å². The number of alkyl halides is 1. The lowest BCUT2D eigenvalue weighted by atomic mass is 9.88. The Morgan fingerprint density at radius 3 is 2.21 bits per heavy atom. The van der Waals surface area contributed by atoms with E-state index in [1.165, 1.54) is 0 Å². The zero-order valence-corrected chi connectivity index (χ0v) is 8.08. The topological polar surface area (TPSA) is 0 Å². The summed E-state index contributed by atoms with van der Waals surface area (Å²) in [5.74, 6) is -4.87. The maximum Gasteiger partial charge on any atom is 0.171 e. The maximum absolute atomic E-state index is 13.3. The molecule has 0 saturated heterocycles. The van der Waals surface area contributed by atoms with Crippen LogP contribution in [0.5, 0.6) is 0 Å². The first-order chi connectivity index (χ1) is 6.50. The summed E-state index contributed by atoms with van der Waals surface area (Å²) in [4.78, 5) is 0. The molecule has 0 bridgehead atoms. The molecule has 0 aromatic carbocycles. The van der Waals surface area contributed by atoms with E-state index in [4.69, 9.17) is 0 Å². The highest BCUT2D eigenvalue weighted by Gasteiger charge is 2.37. The lowest BCUT2D eigenvalue weighted by Gasteiger charge is -2.23. The molecule has 0 fully saturated rings. The van der Waals surface area contributed by atoms with Gasteiger partial charge in [-0.3, -0.25) is 0 Å². The van der Waals surface area contributed by atoms with Crippen LogP contribution in [0.3, 0.4) is 0 Å². The third-order valence-electron chi connectivity index (χ3n) is 2.42. The molecule has 4 heteroatoms. The number of rotatable bonds is 2. The third kappa shape index (κ3) is 1.70. The fourth-order valence-electron chi connectivity index (χ4n) is 1.57. The Morgan fingerprint density at radius 2 is 1.71 bits per heavy atom. The highest BCUT2D eigenvalue weighted by Crippen LogP contribution is 2.40. The SMILES string of the molecule is CCCC1C(F)=C(C)C(F)=C(F)C1F. The van der Waals surface area contributed by atoms with Gasteiger partial charge in [0.15, 0.2) is 17.8 Å². The lowest BCUT2D eigenvalue weighted by Crippen LogP contribution is -2.23. The molecular weight excluding hydrogens is 196 g/mol. The molecule has 1 aliphatic carbocycles. The molecule has 0 saturated carbocycles. The summed E-state index contributed by atoms with van der Waals surface area (Å²) >= 11 is 0. The van der Waals surface area contributed by atoms with Crippen LogP contribution in [0, 0.1) is 5.92 Å². The number of allylic oxidation sites excluding steroid dienone is 4. The number of halogens is 4. The van der Waals surface area contributed by atoms with Gasteiger partial charge in [-0.2, -0.15) is 0 Å². The van der Waals surface area contributed by atoms with Gasteiger partial charge in [0, 0.05) is 11.5 Å². The van der Waals surface area contributed by atoms with Gasteiger partial charge in [-0.15, -0.1) is 0 Å². The van der Waals surface area contributed by atoms with Crippen molar-refractivity contribution in [3.05, 3.63) is 23.1 Å². The van der Waals surface area contributed by atoms with E-state index >= 15 is 0 Å². The molecule has 1 rings (SSSR count). The standard InChI is InChI=1S/C10H12F4/c1-3-4-6-7(11)5(2)8(12)10(14)9(6)13/h6,9H,3-4H2,1-2H3. The minimum absolute atomic E-state index is 0.186. The summed E-state index contributed by atoms with van der Waals surface area (Å²) in [5, 5.41) is 0. The van der Waals surface area contributed by atoms with E-state index in [-0.39, 0.29) is 6.42 Å². The molecule has 0 amide bonds. The molecule has 0 radical (unpaired) electrons. The van der Waals surface area contributed by atoms with Crippen molar-refractivity contribution in [2.24, 2.45) is 5.92 Å². The van der Waals surface area contributed by atoms with Crippen molar-refractivity contribution < 1.29 is 17.6 Å². The van der Waals surface area contributed by atoms with Crippen LogP contribution < -0.4 is 0 Å². The fraction of sp³-hybridized carbons (Fsp3) is 0.600. The van der Waals surface area contributed by atoms with E-state index in [1.54, 1.807) is 6.92 Å². The van der Waals surface area contributed by atoms with Gasteiger partial charge in [-0.1, -0.05) is 13.3 Å². The average molecular weight is 208 g/mol. The van der Waals surface area contributed by atoms with Crippen molar-refractivity contribution in [1.29, 1.82) is 0 Å². The molecule has 2 atom stereocenters. The summed E-state index contributed by atoms with van der Waals surface area (Å²) in [6, 6.07) is 0. The summed E-state index contributed by atoms with van der Waals surface area (Å²) < 4.78 is 52.2. The largest absolute Gasteiger partial charge is 0.239 e. The molecule has 0 nitrogen and oxygen atoms in total. The van der Waals surface area contributed by atoms with Crippen molar-refractivity contribution >= 4 is 0 Å². The summed E-state index contributed by atoms with van der Waals surface area (Å²) in [6.07, 6.45) is -1.45. The predicted molar refractivity (Wildman–Crippen MR) is 46.3 cm³/mol. The Labute approximate surface area is 80.3 Å². The Balaban J connectivity index is 3.05. The summed E-state index contributed by atoms with van der Waals surface area (Å²) in [6.45, 7) is 2.86. The monoisotopic (exact) mass is 208 g/mol. The summed E-state index contributed by atoms with van der Waals surface area (Å²) in [5.41, 5.74) is -0.408. The van der Waals surface area contributed by atoms with E-state index in [2.05, 4.69) is 0 Å². The van der Waals surface area contributed by atoms with E-state index in [9.17, 15) is 17.6 Å². The molecule has 14 heavy (non-hydrogen) atoms. The quantitative estimate of drug-likeness (QED) is 0.598. The molecule has 2 unspecified atom stereocenters. The van der Waals surface area contributed by atoms with E-state index < -0.39 is 35.1 Å². The van der Waals surface area contributed by atoms with Gasteiger partial charge in [0.25, 0.3) is 0 Å². The fourth-order valence-corrected chi connectivity index (χ4v) is 1.57. The Kier molecular flexibility index (Phi) is 3.34. The second-order valence-corrected chi connectivity index (χ2v) is 3.43. The van der Waals surface area contributed by atoms with Crippen LogP contribution in [0.2, 0.25) is 0 Å². The Hall–Kier alpha value is -0.800. The molecule has 0 spiro atoms. The smallest absolute Gasteiger partial charge is 0.171 e. The molecule has 0 aliphatic heterocycles. The van der Waals surface area contributed by atoms with Crippen molar-refractivity contribution in [2.45, 2.75) is 32.9 Å². The Morgan fingerprint density at radius 1 is 1.14 bits per heavy atom. The van der Waals surface area contributed by atoms with Crippen LogP contribution in [0.1, 0.15) is 26.7 Å². The van der Waals surface area contributed by atoms with Gasteiger partial charge in [0.1, 0.15) is 5.83 Å². The van der Waals surface area contributed by atoms with E-state index in [0.29, 0.717) is 6.42 Å². The molecule has 1 aliphatic rings. The van der Waals surface area contributed by atoms with Crippen molar-refractivity contribution in [3.63, 3.8) is 0 Å². The van der Waals surface area contributed by atoms with E-state index in [1.807, 2.05) is 0 Å². The zero-order valence-electron chi connectivity index (χ0n) is 8.08. The van der Waals surface area contributed by atoms with E-state index in [0.717, 1.165) is 6.92 Å². The van der Waals surface area contributed by atoms with Crippen LogP contribution in [0.4, 0.5) is 17.6 Å². The highest BCUT2D eigenvalue weighted by molar-refractivity contribution is 5.36. The number of hydrogen-bond donors (Lipinski definition) is 0. The van der Waals surface area contributed by atoms with Gasteiger partial charge in [-0.25, -0.2) is 17.6 Å². The van der Waals surface area contributed by atoms with Gasteiger partial charge < -0.3 is 0 Å². The van der Waals surface area contributed by atoms with Crippen LogP contribution in [0.25, 0.3) is 0 Å². The van der Waals surface area contributed by atoms with Gasteiger partial charge >= 0.3 is 0 Å². The number of hydrogen-bond acceptors (Lipinski definition) is 0. The first-order valence-corrected chi connectivity index (χ1v) is 4.56. The normalized spacial score (nSPS) is 28.7. The zero-order chi connectivity index (χ0) is 10.9. The molecule has 0 aromatic heterocycles. The Bertz CT molecular complexity index is 290. The molecule has 0 N–H and O–H groups in total. The van der Waals surface area contributed by atoms with Gasteiger partial charge in [0.2, 0.25) is 0 Å². The van der Waals surface area contributed by atoms with Crippen LogP contribution in [-0.4, -0.2) is 6.17 Å². The molecular formula is C10H12F4. The average Bonchev–Trinajstić information content (AvgIpc) is 2.19. The third-order valence-corrected chi connectivity index (χ3v) is 2.42. The van der Waals surface area contributed by atoms with Gasteiger partial charge in [-0.05, 0) is 13.3 Å². The first kappa shape index (κ1) is 11.3. The molecule has 0 aromatic rings. The summed E-state index contributed by atoms with van der Waals surface area (Å²) in [7, 11) is 0. The first-order valence-electron chi connectivity index (χ1n) is 4.56.